The average molecular weight is 356 g/mol. The number of nitrogens with zero attached hydrogens (tertiary/aromatic N) is 2. The molecule has 0 unspecified atom stereocenters. The molecule has 0 spiro atoms. The number of ether oxygens (including phenoxy) is 1. The molecule has 2 aromatic heterocycles. The Morgan fingerprint density at radius 2 is 2.28 bits per heavy atom. The van der Waals surface area contributed by atoms with Gasteiger partial charge in [0, 0.05) is 35.1 Å². The number of piperidine rings is 1. The van der Waals surface area contributed by atoms with Crippen LogP contribution in [0.4, 0.5) is 0 Å². The first kappa shape index (κ1) is 16.1. The fraction of sp³-hybridized carbons (Fsp3) is 0.368. The molecule has 3 heterocycles. The van der Waals surface area contributed by atoms with E-state index in [9.17, 15) is 4.79 Å². The van der Waals surface area contributed by atoms with Gasteiger partial charge in [-0.2, -0.15) is 0 Å². The molecule has 4 rings (SSSR count). The Morgan fingerprint density at radius 3 is 3.04 bits per heavy atom. The highest BCUT2D eigenvalue weighted by Crippen LogP contribution is 2.35. The molecular weight excluding hydrogens is 336 g/mol. The van der Waals surface area contributed by atoms with Crippen molar-refractivity contribution in [3.05, 3.63) is 46.1 Å². The maximum Gasteiger partial charge on any atom is 0.290 e. The smallest absolute Gasteiger partial charge is 0.290 e. The lowest BCUT2D eigenvalue weighted by Crippen LogP contribution is -2.38. The summed E-state index contributed by atoms with van der Waals surface area (Å²) in [5.74, 6) is 1.10. The van der Waals surface area contributed by atoms with E-state index in [4.69, 9.17) is 9.15 Å². The van der Waals surface area contributed by atoms with Gasteiger partial charge < -0.3 is 14.1 Å². The van der Waals surface area contributed by atoms with Crippen molar-refractivity contribution < 1.29 is 13.9 Å². The molecule has 0 bridgehead atoms. The first-order valence-corrected chi connectivity index (χ1v) is 9.34. The van der Waals surface area contributed by atoms with E-state index in [-0.39, 0.29) is 11.9 Å². The van der Waals surface area contributed by atoms with Gasteiger partial charge in [0.1, 0.15) is 16.3 Å². The standard InChI is InChI=1S/C19H20N2O3S/c1-12-14-7-6-13(23-2)11-16(14)24-17(12)19(22)21-9-4-3-5-15(21)18-20-8-10-25-18/h6-8,10-11,15H,3-5,9H2,1-2H3/t15-/m0/s1. The van der Waals surface area contributed by atoms with Gasteiger partial charge in [0.05, 0.1) is 13.2 Å². The molecule has 130 valence electrons. The van der Waals surface area contributed by atoms with Crippen molar-refractivity contribution >= 4 is 28.2 Å². The summed E-state index contributed by atoms with van der Waals surface area (Å²) in [6.45, 7) is 2.68. The van der Waals surface area contributed by atoms with Gasteiger partial charge in [0.25, 0.3) is 5.91 Å². The van der Waals surface area contributed by atoms with Crippen LogP contribution in [-0.4, -0.2) is 29.4 Å². The molecule has 25 heavy (non-hydrogen) atoms. The molecule has 1 aliphatic rings. The van der Waals surface area contributed by atoms with E-state index < -0.39 is 0 Å². The second kappa shape index (κ2) is 6.52. The quantitative estimate of drug-likeness (QED) is 0.689. The van der Waals surface area contributed by atoms with E-state index in [1.807, 2.05) is 35.4 Å². The Balaban J connectivity index is 1.71. The SMILES string of the molecule is COc1ccc2c(C)c(C(=O)N3CCCC[C@H]3c3nccs3)oc2c1. The highest BCUT2D eigenvalue weighted by Gasteiger charge is 2.33. The number of furan rings is 1. The Labute approximate surface area is 150 Å². The third kappa shape index (κ3) is 2.80. The summed E-state index contributed by atoms with van der Waals surface area (Å²) >= 11 is 1.61. The van der Waals surface area contributed by atoms with Gasteiger partial charge in [-0.1, -0.05) is 0 Å². The first-order chi connectivity index (χ1) is 12.2. The minimum Gasteiger partial charge on any atom is -0.497 e. The number of amides is 1. The molecule has 1 saturated heterocycles. The van der Waals surface area contributed by atoms with Crippen LogP contribution in [0.1, 0.15) is 46.4 Å². The predicted octanol–water partition coefficient (Wildman–Crippen LogP) is 4.57. The summed E-state index contributed by atoms with van der Waals surface area (Å²) in [6, 6.07) is 5.70. The highest BCUT2D eigenvalue weighted by atomic mass is 32.1. The monoisotopic (exact) mass is 356 g/mol. The van der Waals surface area contributed by atoms with Gasteiger partial charge in [-0.3, -0.25) is 4.79 Å². The number of aryl methyl sites for hydroxylation is 1. The number of hydrogen-bond acceptors (Lipinski definition) is 5. The van der Waals surface area contributed by atoms with Crippen molar-refractivity contribution in [1.29, 1.82) is 0 Å². The summed E-state index contributed by atoms with van der Waals surface area (Å²) in [6.07, 6.45) is 4.88. The molecule has 0 saturated carbocycles. The average Bonchev–Trinajstić information content (AvgIpc) is 3.29. The number of fused-ring (bicyclic) bond motifs is 1. The summed E-state index contributed by atoms with van der Waals surface area (Å²) < 4.78 is 11.2. The zero-order valence-electron chi connectivity index (χ0n) is 14.3. The van der Waals surface area contributed by atoms with Crippen LogP contribution in [0.15, 0.2) is 34.2 Å². The van der Waals surface area contributed by atoms with Gasteiger partial charge in [-0.15, -0.1) is 11.3 Å². The van der Waals surface area contributed by atoms with Crippen molar-refractivity contribution in [2.75, 3.05) is 13.7 Å². The van der Waals surface area contributed by atoms with Gasteiger partial charge in [-0.05, 0) is 38.3 Å². The number of rotatable bonds is 3. The van der Waals surface area contributed by atoms with Crippen LogP contribution in [0.25, 0.3) is 11.0 Å². The lowest BCUT2D eigenvalue weighted by atomic mass is 10.0. The van der Waals surface area contributed by atoms with Crippen LogP contribution in [0.3, 0.4) is 0 Å². The van der Waals surface area contributed by atoms with E-state index in [1.54, 1.807) is 24.6 Å². The van der Waals surface area contributed by atoms with E-state index in [1.165, 1.54) is 0 Å². The second-order valence-electron chi connectivity index (χ2n) is 6.30. The maximum atomic E-state index is 13.2. The van der Waals surface area contributed by atoms with Gasteiger partial charge in [0.2, 0.25) is 0 Å². The van der Waals surface area contributed by atoms with E-state index in [2.05, 4.69) is 4.98 Å². The first-order valence-electron chi connectivity index (χ1n) is 8.46. The number of carbonyl (C=O) groups excluding carboxylic acids is 1. The molecule has 1 aliphatic heterocycles. The summed E-state index contributed by atoms with van der Waals surface area (Å²) in [5.41, 5.74) is 1.56. The molecule has 5 nitrogen and oxygen atoms in total. The zero-order chi connectivity index (χ0) is 17.4. The fourth-order valence-electron chi connectivity index (χ4n) is 3.50. The molecule has 3 aromatic rings. The molecule has 0 N–H and O–H groups in total. The minimum absolute atomic E-state index is 0.0448. The summed E-state index contributed by atoms with van der Waals surface area (Å²) in [4.78, 5) is 19.6. The topological polar surface area (TPSA) is 55.6 Å². The predicted molar refractivity (Wildman–Crippen MR) is 97.2 cm³/mol. The van der Waals surface area contributed by atoms with Crippen LogP contribution < -0.4 is 4.74 Å². The number of benzene rings is 1. The highest BCUT2D eigenvalue weighted by molar-refractivity contribution is 7.09. The number of hydrogen-bond donors (Lipinski definition) is 0. The molecule has 1 aromatic carbocycles. The number of likely N-dealkylation sites (tertiary alicyclic amines) is 1. The molecule has 1 amide bonds. The lowest BCUT2D eigenvalue weighted by molar-refractivity contribution is 0.0580. The summed E-state index contributed by atoms with van der Waals surface area (Å²) in [7, 11) is 1.62. The Hall–Kier alpha value is -2.34. The maximum absolute atomic E-state index is 13.2. The van der Waals surface area contributed by atoms with E-state index in [0.29, 0.717) is 11.3 Å². The largest absolute Gasteiger partial charge is 0.497 e. The third-order valence-corrected chi connectivity index (χ3v) is 5.72. The van der Waals surface area contributed by atoms with E-state index >= 15 is 0 Å². The zero-order valence-corrected chi connectivity index (χ0v) is 15.1. The molecule has 6 heteroatoms. The number of methoxy groups -OCH3 is 1. The number of aromatic nitrogens is 1. The van der Waals surface area contributed by atoms with Gasteiger partial charge in [-0.25, -0.2) is 4.98 Å². The van der Waals surface area contributed by atoms with E-state index in [0.717, 1.165) is 47.5 Å². The van der Waals surface area contributed by atoms with Crippen LogP contribution in [0.2, 0.25) is 0 Å². The van der Waals surface area contributed by atoms with Gasteiger partial charge in [0.15, 0.2) is 5.76 Å². The Bertz CT molecular complexity index is 901. The van der Waals surface area contributed by atoms with Crippen molar-refractivity contribution in [3.8, 4) is 5.75 Å². The molecule has 0 radical (unpaired) electrons. The lowest BCUT2D eigenvalue weighted by Gasteiger charge is -2.34. The Kier molecular flexibility index (Phi) is 4.21. The van der Waals surface area contributed by atoms with Gasteiger partial charge >= 0.3 is 0 Å². The van der Waals surface area contributed by atoms with Crippen molar-refractivity contribution in [1.82, 2.24) is 9.88 Å². The molecule has 1 fully saturated rings. The summed E-state index contributed by atoms with van der Waals surface area (Å²) in [5, 5.41) is 3.92. The van der Waals surface area contributed by atoms with Crippen molar-refractivity contribution in [2.45, 2.75) is 32.2 Å². The van der Waals surface area contributed by atoms with Crippen molar-refractivity contribution in [3.63, 3.8) is 0 Å². The van der Waals surface area contributed by atoms with Crippen molar-refractivity contribution in [2.24, 2.45) is 0 Å². The third-order valence-electron chi connectivity index (χ3n) is 4.84. The molecule has 1 atom stereocenters. The number of thiazole rings is 1. The van der Waals surface area contributed by atoms with Crippen LogP contribution >= 0.6 is 11.3 Å². The molecule has 0 aliphatic carbocycles. The van der Waals surface area contributed by atoms with Crippen LogP contribution in [0.5, 0.6) is 5.75 Å². The second-order valence-corrected chi connectivity index (χ2v) is 7.22. The molecular formula is C19H20N2O3S. The van der Waals surface area contributed by atoms with Crippen LogP contribution in [-0.2, 0) is 0 Å². The fourth-order valence-corrected chi connectivity index (χ4v) is 4.28. The Morgan fingerprint density at radius 1 is 1.40 bits per heavy atom. The minimum atomic E-state index is -0.0485. The van der Waals surface area contributed by atoms with Crippen LogP contribution in [0, 0.1) is 6.92 Å². The number of carbonyl (C=O) groups is 1. The normalized spacial score (nSPS) is 17.8.